The quantitative estimate of drug-likeness (QED) is 0.641. The maximum Gasteiger partial charge on any atom is 0.328 e. The Morgan fingerprint density at radius 1 is 1.17 bits per heavy atom. The molecule has 2 aromatic rings. The van der Waals surface area contributed by atoms with E-state index in [9.17, 15) is 13.2 Å². The number of esters is 1. The van der Waals surface area contributed by atoms with Crippen molar-refractivity contribution in [3.8, 4) is 0 Å². The molecule has 6 nitrogen and oxygen atoms in total. The molecular formula is C14H12Cl2N2O4S. The molecule has 2 rings (SSSR count). The minimum Gasteiger partial charge on any atom is -0.468 e. The number of carbonyl (C=O) groups is 1. The maximum absolute atomic E-state index is 12.5. The number of aromatic nitrogens is 1. The number of carbonyl (C=O) groups excluding carboxylic acids is 1. The number of benzene rings is 1. The molecule has 0 amide bonds. The van der Waals surface area contributed by atoms with Gasteiger partial charge in [0.15, 0.2) is 5.15 Å². The summed E-state index contributed by atoms with van der Waals surface area (Å²) in [6.07, 6.45) is 0. The summed E-state index contributed by atoms with van der Waals surface area (Å²) in [5.74, 6) is -0.752. The largest absolute Gasteiger partial charge is 0.468 e. The van der Waals surface area contributed by atoms with Gasteiger partial charge in [0.05, 0.1) is 7.11 Å². The predicted octanol–water partition coefficient (Wildman–Crippen LogP) is 2.58. The van der Waals surface area contributed by atoms with E-state index in [4.69, 9.17) is 23.2 Å². The molecule has 0 spiro atoms. The van der Waals surface area contributed by atoms with Crippen LogP contribution in [-0.4, -0.2) is 26.5 Å². The van der Waals surface area contributed by atoms with Crippen molar-refractivity contribution in [2.45, 2.75) is 10.9 Å². The number of hydrogen-bond acceptors (Lipinski definition) is 5. The fourth-order valence-corrected chi connectivity index (χ4v) is 3.67. The molecule has 0 aliphatic carbocycles. The van der Waals surface area contributed by atoms with Crippen LogP contribution in [0.1, 0.15) is 11.6 Å². The van der Waals surface area contributed by atoms with Gasteiger partial charge in [-0.05, 0) is 17.7 Å². The Hall–Kier alpha value is -1.67. The summed E-state index contributed by atoms with van der Waals surface area (Å²) >= 11 is 11.5. The van der Waals surface area contributed by atoms with Gasteiger partial charge in [0.2, 0.25) is 10.0 Å². The molecule has 0 fully saturated rings. The lowest BCUT2D eigenvalue weighted by Crippen LogP contribution is -2.34. The van der Waals surface area contributed by atoms with Crippen molar-refractivity contribution in [1.29, 1.82) is 0 Å². The third kappa shape index (κ3) is 4.20. The highest BCUT2D eigenvalue weighted by atomic mass is 35.5. The Balaban J connectivity index is 2.40. The number of methoxy groups -OCH3 is 1. The molecular weight excluding hydrogens is 363 g/mol. The zero-order valence-electron chi connectivity index (χ0n) is 11.9. The van der Waals surface area contributed by atoms with E-state index in [-0.39, 0.29) is 15.2 Å². The van der Waals surface area contributed by atoms with Gasteiger partial charge >= 0.3 is 5.97 Å². The zero-order chi connectivity index (χ0) is 17.0. The molecule has 1 N–H and O–H groups in total. The number of halogens is 2. The molecule has 1 aromatic heterocycles. The Kier molecular flexibility index (Phi) is 5.59. The minimum atomic E-state index is -4.11. The summed E-state index contributed by atoms with van der Waals surface area (Å²) < 4.78 is 31.9. The van der Waals surface area contributed by atoms with Crippen LogP contribution in [0.15, 0.2) is 47.4 Å². The fourth-order valence-electron chi connectivity index (χ4n) is 1.83. The molecule has 1 aromatic carbocycles. The Bertz CT molecular complexity index is 813. The van der Waals surface area contributed by atoms with E-state index in [1.165, 1.54) is 19.2 Å². The summed E-state index contributed by atoms with van der Waals surface area (Å²) in [6, 6.07) is 9.59. The van der Waals surface area contributed by atoms with Crippen LogP contribution in [0.3, 0.4) is 0 Å². The average Bonchev–Trinajstić information content (AvgIpc) is 2.52. The van der Waals surface area contributed by atoms with E-state index in [1.807, 2.05) is 0 Å². The maximum atomic E-state index is 12.5. The van der Waals surface area contributed by atoms with Gasteiger partial charge in [-0.3, -0.25) is 0 Å². The van der Waals surface area contributed by atoms with Gasteiger partial charge in [-0.2, -0.15) is 4.72 Å². The minimum absolute atomic E-state index is 0.0570. The number of sulfonamides is 1. The summed E-state index contributed by atoms with van der Waals surface area (Å²) in [5.41, 5.74) is 0.431. The smallest absolute Gasteiger partial charge is 0.328 e. The van der Waals surface area contributed by atoms with Crippen molar-refractivity contribution in [3.05, 3.63) is 58.3 Å². The van der Waals surface area contributed by atoms with E-state index < -0.39 is 22.0 Å². The van der Waals surface area contributed by atoms with Crippen molar-refractivity contribution in [2.24, 2.45) is 0 Å². The summed E-state index contributed by atoms with van der Waals surface area (Å²) in [6.45, 7) is 0. The van der Waals surface area contributed by atoms with Crippen LogP contribution < -0.4 is 4.72 Å². The lowest BCUT2D eigenvalue weighted by atomic mass is 10.1. The van der Waals surface area contributed by atoms with Crippen LogP contribution in [-0.2, 0) is 19.6 Å². The van der Waals surface area contributed by atoms with Gasteiger partial charge in [-0.1, -0.05) is 53.5 Å². The van der Waals surface area contributed by atoms with Crippen molar-refractivity contribution in [2.75, 3.05) is 7.11 Å². The molecule has 122 valence electrons. The Labute approximate surface area is 143 Å². The third-order valence-electron chi connectivity index (χ3n) is 2.91. The number of hydrogen-bond donors (Lipinski definition) is 1. The molecule has 1 heterocycles. The second-order valence-electron chi connectivity index (χ2n) is 4.41. The molecule has 1 unspecified atom stereocenters. The molecule has 0 saturated carbocycles. The van der Waals surface area contributed by atoms with E-state index in [2.05, 4.69) is 14.4 Å². The predicted molar refractivity (Wildman–Crippen MR) is 85.8 cm³/mol. The first-order chi connectivity index (χ1) is 10.8. The summed E-state index contributed by atoms with van der Waals surface area (Å²) in [4.78, 5) is 15.3. The lowest BCUT2D eigenvalue weighted by Gasteiger charge is -2.17. The highest BCUT2D eigenvalue weighted by Gasteiger charge is 2.29. The van der Waals surface area contributed by atoms with Crippen molar-refractivity contribution in [1.82, 2.24) is 9.71 Å². The molecule has 0 aliphatic heterocycles. The first-order valence-electron chi connectivity index (χ1n) is 6.32. The Morgan fingerprint density at radius 3 is 2.39 bits per heavy atom. The zero-order valence-corrected chi connectivity index (χ0v) is 14.2. The molecule has 0 bridgehead atoms. The van der Waals surface area contributed by atoms with Gasteiger partial charge in [-0.15, -0.1) is 0 Å². The number of nitrogens with zero attached hydrogens (tertiary/aromatic N) is 1. The van der Waals surface area contributed by atoms with E-state index >= 15 is 0 Å². The number of nitrogens with one attached hydrogen (secondary N) is 1. The molecule has 0 aliphatic rings. The SMILES string of the molecule is COC(=O)C(NS(=O)(=O)c1ccc(Cl)nc1Cl)c1ccccc1. The van der Waals surface area contributed by atoms with Crippen LogP contribution in [0, 0.1) is 0 Å². The van der Waals surface area contributed by atoms with Crippen molar-refractivity contribution >= 4 is 39.2 Å². The van der Waals surface area contributed by atoms with E-state index in [0.29, 0.717) is 5.56 Å². The average molecular weight is 375 g/mol. The highest BCUT2D eigenvalue weighted by molar-refractivity contribution is 7.89. The molecule has 23 heavy (non-hydrogen) atoms. The topological polar surface area (TPSA) is 85.4 Å². The molecule has 0 saturated heterocycles. The van der Waals surface area contributed by atoms with Crippen molar-refractivity contribution in [3.63, 3.8) is 0 Å². The number of rotatable bonds is 5. The van der Waals surface area contributed by atoms with Crippen LogP contribution in [0.2, 0.25) is 10.3 Å². The second kappa shape index (κ2) is 7.27. The third-order valence-corrected chi connectivity index (χ3v) is 4.98. The monoisotopic (exact) mass is 374 g/mol. The van der Waals surface area contributed by atoms with Gasteiger partial charge in [0.1, 0.15) is 16.1 Å². The number of pyridine rings is 1. The Morgan fingerprint density at radius 2 is 1.83 bits per heavy atom. The summed E-state index contributed by atoms with van der Waals surface area (Å²) in [7, 11) is -2.94. The first-order valence-corrected chi connectivity index (χ1v) is 8.56. The van der Waals surface area contributed by atoms with E-state index in [0.717, 1.165) is 0 Å². The van der Waals surface area contributed by atoms with E-state index in [1.54, 1.807) is 30.3 Å². The van der Waals surface area contributed by atoms with Gasteiger partial charge in [0, 0.05) is 0 Å². The lowest BCUT2D eigenvalue weighted by molar-refractivity contribution is -0.142. The van der Waals surface area contributed by atoms with Gasteiger partial charge < -0.3 is 4.74 Å². The van der Waals surface area contributed by atoms with Crippen LogP contribution in [0.5, 0.6) is 0 Å². The second-order valence-corrected chi connectivity index (χ2v) is 6.84. The van der Waals surface area contributed by atoms with Crippen molar-refractivity contribution < 1.29 is 17.9 Å². The fraction of sp³-hybridized carbons (Fsp3) is 0.143. The molecule has 1 atom stereocenters. The molecule has 0 radical (unpaired) electrons. The van der Waals surface area contributed by atoms with Gasteiger partial charge in [0.25, 0.3) is 0 Å². The number of ether oxygens (including phenoxy) is 1. The standard InChI is InChI=1S/C14H12Cl2N2O4S/c1-22-14(19)12(9-5-3-2-4-6-9)18-23(20,21)10-7-8-11(15)17-13(10)16/h2-8,12,18H,1H3. The summed E-state index contributed by atoms with van der Waals surface area (Å²) in [5, 5.41) is -0.233. The van der Waals surface area contributed by atoms with Crippen LogP contribution in [0.25, 0.3) is 0 Å². The van der Waals surface area contributed by atoms with Crippen LogP contribution in [0.4, 0.5) is 0 Å². The van der Waals surface area contributed by atoms with Gasteiger partial charge in [-0.25, -0.2) is 18.2 Å². The first kappa shape index (κ1) is 17.7. The van der Waals surface area contributed by atoms with Crippen LogP contribution >= 0.6 is 23.2 Å². The molecule has 9 heteroatoms. The normalized spacial score (nSPS) is 12.7. The highest BCUT2D eigenvalue weighted by Crippen LogP contribution is 2.24.